The maximum atomic E-state index is 11.6. The Morgan fingerprint density at radius 2 is 0.636 bits per heavy atom. The molecule has 0 amide bonds. The van der Waals surface area contributed by atoms with Gasteiger partial charge in [-0.3, -0.25) is 4.79 Å². The predicted molar refractivity (Wildman–Crippen MR) is 563 cm³/mol. The summed E-state index contributed by atoms with van der Waals surface area (Å²) in [4.78, 5) is 11.6. The highest BCUT2D eigenvalue weighted by molar-refractivity contribution is 5.86. The fraction of sp³-hybridized carbons (Fsp3) is 0.415. The van der Waals surface area contributed by atoms with Gasteiger partial charge in [0, 0.05) is 28.8 Å². The number of hydrogen-bond acceptors (Lipinski definition) is 14. The van der Waals surface area contributed by atoms with Crippen molar-refractivity contribution in [1.82, 2.24) is 0 Å². The number of benzene rings is 12. The molecule has 0 aliphatic rings. The van der Waals surface area contributed by atoms with Gasteiger partial charge in [-0.25, -0.2) is 0 Å². The number of hydrogen-bond donors (Lipinski definition) is 12. The molecular formula is C118H170O14. The normalized spacial score (nSPS) is 12.1. The van der Waals surface area contributed by atoms with Crippen LogP contribution in [-0.2, 0) is 4.79 Å². The summed E-state index contributed by atoms with van der Waals surface area (Å²) in [6, 6.07) is 79.3. The van der Waals surface area contributed by atoms with Crippen molar-refractivity contribution in [1.29, 1.82) is 0 Å². The molecule has 12 aromatic rings. The van der Waals surface area contributed by atoms with Crippen LogP contribution in [0.2, 0.25) is 0 Å². The fourth-order valence-electron chi connectivity index (χ4n) is 12.5. The number of aromatic hydroxyl groups is 12. The summed E-state index contributed by atoms with van der Waals surface area (Å²) in [6.07, 6.45) is 10.2. The van der Waals surface area contributed by atoms with Crippen LogP contribution in [0, 0.1) is 5.41 Å². The lowest BCUT2D eigenvalue weighted by Crippen LogP contribution is -2.28. The summed E-state index contributed by atoms with van der Waals surface area (Å²) in [7, 11) is 0. The number of ether oxygens (including phenoxy) is 1. The van der Waals surface area contributed by atoms with E-state index in [2.05, 4.69) is 191 Å². The summed E-state index contributed by atoms with van der Waals surface area (Å²) in [5.41, 5.74) is 9.20. The zero-order chi connectivity index (χ0) is 101. The van der Waals surface area contributed by atoms with Crippen molar-refractivity contribution in [2.45, 2.75) is 318 Å². The summed E-state index contributed by atoms with van der Waals surface area (Å²) >= 11 is 0. The van der Waals surface area contributed by atoms with Crippen LogP contribution in [0.3, 0.4) is 0 Å². The van der Waals surface area contributed by atoms with Gasteiger partial charge in [-0.05, 0) is 265 Å². The summed E-state index contributed by atoms with van der Waals surface area (Å²) in [5.74, 6) is 5.69. The van der Waals surface area contributed by atoms with E-state index in [1.54, 1.807) is 72.8 Å². The second-order valence-electron chi connectivity index (χ2n) is 32.8. The highest BCUT2D eigenvalue weighted by Gasteiger charge is 2.28. The predicted octanol–water partition coefficient (Wildman–Crippen LogP) is 34.7. The highest BCUT2D eigenvalue weighted by atomic mass is 16.5. The molecule has 0 fully saturated rings. The van der Waals surface area contributed by atoms with Crippen LogP contribution in [0.25, 0.3) is 21.5 Å². The van der Waals surface area contributed by atoms with Crippen molar-refractivity contribution < 1.29 is 70.8 Å². The monoisotopic (exact) mass is 1810 g/mol. The smallest absolute Gasteiger partial charge is 0.316 e. The van der Waals surface area contributed by atoms with E-state index in [-0.39, 0.29) is 92.7 Å². The van der Waals surface area contributed by atoms with Gasteiger partial charge in [-0.15, -0.1) is 0 Å². The Bertz CT molecular complexity index is 4960. The molecule has 0 aliphatic heterocycles. The Labute approximate surface area is 796 Å². The molecule has 132 heavy (non-hydrogen) atoms. The molecule has 14 heteroatoms. The van der Waals surface area contributed by atoms with Crippen LogP contribution in [0.15, 0.2) is 255 Å². The summed E-state index contributed by atoms with van der Waals surface area (Å²) < 4.78 is 5.23. The molecule has 9 atom stereocenters. The van der Waals surface area contributed by atoms with Gasteiger partial charge in [0.15, 0.2) is 23.0 Å². The van der Waals surface area contributed by atoms with Gasteiger partial charge < -0.3 is 66.0 Å². The quantitative estimate of drug-likeness (QED) is 0.0138. The zero-order valence-corrected chi connectivity index (χ0v) is 85.7. The van der Waals surface area contributed by atoms with Crippen LogP contribution < -0.4 is 4.74 Å². The summed E-state index contributed by atoms with van der Waals surface area (Å²) in [5, 5.41) is 117. The van der Waals surface area contributed by atoms with E-state index in [1.165, 1.54) is 93.9 Å². The minimum atomic E-state index is -0.407. The Morgan fingerprint density at radius 3 is 1.14 bits per heavy atom. The van der Waals surface area contributed by atoms with Crippen molar-refractivity contribution in [2.75, 3.05) is 0 Å². The number of phenolic OH excluding ortho intramolecular Hbond substituents is 12. The minimum Gasteiger partial charge on any atom is -0.508 e. The van der Waals surface area contributed by atoms with E-state index in [1.807, 2.05) is 155 Å². The van der Waals surface area contributed by atoms with E-state index < -0.39 is 5.41 Å². The molecule has 0 aromatic heterocycles. The SMILES string of the molecule is CC.CC.CC.CC.CCC(C)(C)C(=O)Oc1ccccc1.CCC(C)c1c(O)cccc1O.CCC(C)c1cc(O)cc(O)c1.CCC(C)c1cc(O)ccc1O.CCC(C)c1ccc(O)c(O)c1.CCC(C)c1ccc(O)cc1O.CCC(C)c1ccc2ccccc2c1.CCC(C)c1cccc(O)c1O.CCC(C)c1cccc2ccccc12.CCC(C)c1ccccc1. The van der Waals surface area contributed by atoms with Crippen molar-refractivity contribution in [3.63, 3.8) is 0 Å². The first-order chi connectivity index (χ1) is 62.9. The van der Waals surface area contributed by atoms with Crippen LogP contribution in [0.5, 0.6) is 74.7 Å². The van der Waals surface area contributed by atoms with Gasteiger partial charge in [-0.2, -0.15) is 0 Å². The van der Waals surface area contributed by atoms with Gasteiger partial charge >= 0.3 is 5.97 Å². The third-order valence-corrected chi connectivity index (χ3v) is 23.2. The van der Waals surface area contributed by atoms with Crippen molar-refractivity contribution in [2.24, 2.45) is 5.41 Å². The molecule has 0 saturated heterocycles. The second kappa shape index (κ2) is 69.2. The highest BCUT2D eigenvalue weighted by Crippen LogP contribution is 2.39. The third-order valence-electron chi connectivity index (χ3n) is 23.2. The molecule has 0 bridgehead atoms. The Hall–Kier alpha value is -11.8. The number of para-hydroxylation sites is 2. The van der Waals surface area contributed by atoms with Crippen molar-refractivity contribution >= 4 is 27.5 Å². The molecule has 0 saturated carbocycles. The van der Waals surface area contributed by atoms with Crippen molar-refractivity contribution in [3.05, 3.63) is 305 Å². The molecule has 12 aromatic carbocycles. The fourth-order valence-corrected chi connectivity index (χ4v) is 12.5. The van der Waals surface area contributed by atoms with Gasteiger partial charge in [0.2, 0.25) is 0 Å². The largest absolute Gasteiger partial charge is 0.508 e. The first-order valence-electron chi connectivity index (χ1n) is 48.3. The first kappa shape index (κ1) is 122. The second-order valence-corrected chi connectivity index (χ2v) is 32.8. The first-order valence-corrected chi connectivity index (χ1v) is 48.3. The standard InChI is InChI=1S/2C14H16.C12H16O2.6C10H14O2.C10H14.4C2H6/c1-3-11(2)13-10-6-8-12-7-4-5-9-14(12)13;1-3-11(2)13-9-8-12-6-4-5-7-14(12)10-13;1-4-12(2,3)11(13)14-10-8-6-5-7-9-10;1-3-7(2)8-4-9(11)6-10(12)5-8;1-3-7(2)9-6-8(11)4-5-10(9)12;1-3-7(2)9-5-4-8(11)6-10(9)12;1-3-7(2)8-4-5-9(11)10(12)6-8;1-3-7(2)10-8(11)5-4-6-9(10)12;1-3-7(2)8-5-4-6-9(11)10(8)12;1-3-9(2)10-7-5-4-6-8-10;4*1-2/h2*4-11H,3H2,1-2H3;5-9H,4H2,1-3H3;6*4-7,11-12H,3H2,1-2H3;4-9H,3H2,1-2H3;4*1-2H3. The maximum Gasteiger partial charge on any atom is 0.316 e. The number of carbonyl (C=O) groups is 1. The minimum absolute atomic E-state index is 0.0202. The maximum absolute atomic E-state index is 11.6. The van der Waals surface area contributed by atoms with Crippen LogP contribution in [0.1, 0.15) is 368 Å². The van der Waals surface area contributed by atoms with Gasteiger partial charge in [0.05, 0.1) is 5.41 Å². The van der Waals surface area contributed by atoms with E-state index in [0.717, 1.165) is 72.8 Å². The third kappa shape index (κ3) is 44.4. The molecule has 0 spiro atoms. The zero-order valence-electron chi connectivity index (χ0n) is 85.7. The Kier molecular flexibility index (Phi) is 64.1. The Balaban J connectivity index is 0. The number of carbonyl (C=O) groups excluding carboxylic acids is 1. The topological polar surface area (TPSA) is 269 Å². The van der Waals surface area contributed by atoms with Gasteiger partial charge in [-0.1, -0.05) is 351 Å². The lowest BCUT2D eigenvalue weighted by molar-refractivity contribution is -0.144. The molecule has 0 radical (unpaired) electrons. The number of phenols is 12. The van der Waals surface area contributed by atoms with E-state index in [0.29, 0.717) is 46.8 Å². The van der Waals surface area contributed by atoms with E-state index >= 15 is 0 Å². The summed E-state index contributed by atoms with van der Waals surface area (Å²) in [6.45, 7) is 59.9. The molecule has 0 aliphatic carbocycles. The number of rotatable bonds is 21. The van der Waals surface area contributed by atoms with Crippen molar-refractivity contribution in [3.8, 4) is 74.7 Å². The van der Waals surface area contributed by atoms with E-state index in [4.69, 9.17) is 14.9 Å². The molecular weight excluding hydrogens is 1640 g/mol. The average Bonchev–Trinajstić information content (AvgIpc) is 0.830. The molecule has 12 N–H and O–H groups in total. The number of esters is 1. The molecule has 0 heterocycles. The Morgan fingerprint density at radius 1 is 0.258 bits per heavy atom. The van der Waals surface area contributed by atoms with Crippen LogP contribution >= 0.6 is 0 Å². The lowest BCUT2D eigenvalue weighted by Gasteiger charge is -2.19. The van der Waals surface area contributed by atoms with E-state index in [9.17, 15) is 55.9 Å². The number of fused-ring (bicyclic) bond motifs is 2. The lowest BCUT2D eigenvalue weighted by atomic mass is 9.91. The molecule has 12 rings (SSSR count). The average molecular weight is 1810 g/mol. The van der Waals surface area contributed by atoms with Crippen LogP contribution in [-0.4, -0.2) is 67.2 Å². The van der Waals surface area contributed by atoms with Gasteiger partial charge in [0.25, 0.3) is 0 Å². The van der Waals surface area contributed by atoms with Crippen LogP contribution in [0.4, 0.5) is 0 Å². The molecule has 9 unspecified atom stereocenters. The molecule has 14 nitrogen and oxygen atoms in total. The molecule has 726 valence electrons. The van der Waals surface area contributed by atoms with Gasteiger partial charge in [0.1, 0.15) is 51.7 Å².